The van der Waals surface area contributed by atoms with Gasteiger partial charge in [0.1, 0.15) is 5.78 Å². The molecule has 0 aromatic rings. The molecule has 0 saturated carbocycles. The SMILES string of the molecule is CC(=O)C1CCC=NC1. The molecule has 0 N–H and O–H groups in total. The van der Waals surface area contributed by atoms with Crippen molar-refractivity contribution in [1.29, 1.82) is 0 Å². The van der Waals surface area contributed by atoms with Gasteiger partial charge in [-0.25, -0.2) is 0 Å². The van der Waals surface area contributed by atoms with E-state index in [2.05, 4.69) is 4.99 Å². The molecule has 1 unspecified atom stereocenters. The minimum atomic E-state index is 0.218. The maximum atomic E-state index is 10.7. The van der Waals surface area contributed by atoms with E-state index in [9.17, 15) is 4.79 Å². The summed E-state index contributed by atoms with van der Waals surface area (Å²) < 4.78 is 0. The van der Waals surface area contributed by atoms with E-state index in [-0.39, 0.29) is 11.7 Å². The lowest BCUT2D eigenvalue weighted by atomic mass is 9.98. The lowest BCUT2D eigenvalue weighted by molar-refractivity contribution is -0.120. The van der Waals surface area contributed by atoms with E-state index >= 15 is 0 Å². The van der Waals surface area contributed by atoms with Crippen LogP contribution in [0.4, 0.5) is 0 Å². The first-order valence-electron chi connectivity index (χ1n) is 3.29. The van der Waals surface area contributed by atoms with Gasteiger partial charge in [-0.2, -0.15) is 0 Å². The summed E-state index contributed by atoms with van der Waals surface area (Å²) in [5.41, 5.74) is 0. The first-order chi connectivity index (χ1) is 4.30. The van der Waals surface area contributed by atoms with Crippen LogP contribution in [-0.2, 0) is 4.79 Å². The van der Waals surface area contributed by atoms with Gasteiger partial charge >= 0.3 is 0 Å². The molecule has 0 aromatic carbocycles. The number of hydrogen-bond acceptors (Lipinski definition) is 2. The Bertz CT molecular complexity index is 140. The molecule has 50 valence electrons. The molecule has 0 radical (unpaired) electrons. The normalized spacial score (nSPS) is 26.1. The molecule has 1 aliphatic heterocycles. The smallest absolute Gasteiger partial charge is 0.134 e. The molecule has 0 spiro atoms. The van der Waals surface area contributed by atoms with Crippen LogP contribution in [0.3, 0.4) is 0 Å². The molecule has 1 heterocycles. The maximum absolute atomic E-state index is 10.7. The highest BCUT2D eigenvalue weighted by Gasteiger charge is 2.14. The minimum absolute atomic E-state index is 0.218. The number of hydrogen-bond donors (Lipinski definition) is 0. The molecule has 1 atom stereocenters. The maximum Gasteiger partial charge on any atom is 0.134 e. The third kappa shape index (κ3) is 1.63. The van der Waals surface area contributed by atoms with E-state index in [0.717, 1.165) is 19.4 Å². The van der Waals surface area contributed by atoms with Crippen LogP contribution < -0.4 is 0 Å². The standard InChI is InChI=1S/C7H11NO/c1-6(9)7-3-2-4-8-5-7/h4,7H,2-3,5H2,1H3. The lowest BCUT2D eigenvalue weighted by Gasteiger charge is -2.12. The van der Waals surface area contributed by atoms with Crippen LogP contribution in [-0.4, -0.2) is 18.5 Å². The van der Waals surface area contributed by atoms with Gasteiger partial charge in [0.05, 0.1) is 0 Å². The van der Waals surface area contributed by atoms with Gasteiger partial charge in [-0.1, -0.05) is 0 Å². The fraction of sp³-hybridized carbons (Fsp3) is 0.714. The third-order valence-corrected chi connectivity index (χ3v) is 1.67. The average Bonchev–Trinajstić information content (AvgIpc) is 1.90. The van der Waals surface area contributed by atoms with E-state index in [1.807, 2.05) is 6.21 Å². The Morgan fingerprint density at radius 2 is 2.56 bits per heavy atom. The molecule has 1 rings (SSSR count). The average molecular weight is 125 g/mol. The molecule has 0 fully saturated rings. The largest absolute Gasteiger partial charge is 0.300 e. The van der Waals surface area contributed by atoms with Crippen LogP contribution in [0.2, 0.25) is 0 Å². The zero-order chi connectivity index (χ0) is 6.69. The second kappa shape index (κ2) is 2.76. The number of Topliss-reactive ketones (excluding diaryl/α,β-unsaturated/α-hetero) is 1. The topological polar surface area (TPSA) is 29.4 Å². The first-order valence-corrected chi connectivity index (χ1v) is 3.29. The van der Waals surface area contributed by atoms with E-state index in [1.54, 1.807) is 6.92 Å². The van der Waals surface area contributed by atoms with Crippen LogP contribution in [0.1, 0.15) is 19.8 Å². The molecular weight excluding hydrogens is 114 g/mol. The zero-order valence-corrected chi connectivity index (χ0v) is 5.63. The molecular formula is C7H11NO. The summed E-state index contributed by atoms with van der Waals surface area (Å²) in [4.78, 5) is 14.8. The summed E-state index contributed by atoms with van der Waals surface area (Å²) in [5, 5.41) is 0. The van der Waals surface area contributed by atoms with Crippen molar-refractivity contribution in [3.63, 3.8) is 0 Å². The molecule has 0 amide bonds. The van der Waals surface area contributed by atoms with E-state index < -0.39 is 0 Å². The highest BCUT2D eigenvalue weighted by Crippen LogP contribution is 2.10. The molecule has 0 aromatic heterocycles. The second-order valence-electron chi connectivity index (χ2n) is 2.43. The summed E-state index contributed by atoms with van der Waals surface area (Å²) in [6.45, 7) is 2.36. The fourth-order valence-electron chi connectivity index (χ4n) is 0.992. The number of aliphatic imine (C=N–C) groups is 1. The summed E-state index contributed by atoms with van der Waals surface area (Å²) >= 11 is 0. The van der Waals surface area contributed by atoms with Crippen molar-refractivity contribution in [3.8, 4) is 0 Å². The molecule has 1 aliphatic rings. The molecule has 9 heavy (non-hydrogen) atoms. The van der Waals surface area contributed by atoms with Crippen molar-refractivity contribution in [2.45, 2.75) is 19.8 Å². The highest BCUT2D eigenvalue weighted by molar-refractivity contribution is 5.79. The number of carbonyl (C=O) groups is 1. The molecule has 0 aliphatic carbocycles. The van der Waals surface area contributed by atoms with E-state index in [0.29, 0.717) is 0 Å². The number of rotatable bonds is 1. The zero-order valence-electron chi connectivity index (χ0n) is 5.63. The molecule has 2 heteroatoms. The van der Waals surface area contributed by atoms with Crippen molar-refractivity contribution in [1.82, 2.24) is 0 Å². The van der Waals surface area contributed by atoms with Crippen LogP contribution in [0.25, 0.3) is 0 Å². The van der Waals surface area contributed by atoms with Gasteiger partial charge in [-0.05, 0) is 26.0 Å². The van der Waals surface area contributed by atoms with Crippen molar-refractivity contribution in [3.05, 3.63) is 0 Å². The molecule has 2 nitrogen and oxygen atoms in total. The number of nitrogens with zero attached hydrogens (tertiary/aromatic N) is 1. The van der Waals surface area contributed by atoms with Gasteiger partial charge in [-0.3, -0.25) is 9.79 Å². The predicted molar refractivity (Wildman–Crippen MR) is 36.8 cm³/mol. The van der Waals surface area contributed by atoms with Gasteiger partial charge < -0.3 is 0 Å². The first kappa shape index (κ1) is 6.46. The van der Waals surface area contributed by atoms with Crippen molar-refractivity contribution in [2.75, 3.05) is 6.54 Å². The van der Waals surface area contributed by atoms with Crippen LogP contribution in [0, 0.1) is 5.92 Å². The van der Waals surface area contributed by atoms with Crippen LogP contribution in [0.15, 0.2) is 4.99 Å². The van der Waals surface area contributed by atoms with E-state index in [1.165, 1.54) is 0 Å². The quantitative estimate of drug-likeness (QED) is 0.515. The Labute approximate surface area is 55.0 Å². The van der Waals surface area contributed by atoms with Gasteiger partial charge in [0.25, 0.3) is 0 Å². The number of ketones is 1. The Hall–Kier alpha value is -0.660. The van der Waals surface area contributed by atoms with Gasteiger partial charge in [0.2, 0.25) is 0 Å². The summed E-state index contributed by atoms with van der Waals surface area (Å²) in [6, 6.07) is 0. The lowest BCUT2D eigenvalue weighted by Crippen LogP contribution is -2.17. The number of carbonyl (C=O) groups excluding carboxylic acids is 1. The Morgan fingerprint density at radius 1 is 1.78 bits per heavy atom. The Balaban J connectivity index is 2.44. The second-order valence-corrected chi connectivity index (χ2v) is 2.43. The van der Waals surface area contributed by atoms with Crippen molar-refractivity contribution in [2.24, 2.45) is 10.9 Å². The van der Waals surface area contributed by atoms with Gasteiger partial charge in [0.15, 0.2) is 0 Å². The Kier molecular flexibility index (Phi) is 1.98. The van der Waals surface area contributed by atoms with Crippen LogP contribution in [0.5, 0.6) is 0 Å². The van der Waals surface area contributed by atoms with Crippen LogP contribution >= 0.6 is 0 Å². The third-order valence-electron chi connectivity index (χ3n) is 1.67. The summed E-state index contributed by atoms with van der Waals surface area (Å²) in [7, 11) is 0. The van der Waals surface area contributed by atoms with Gasteiger partial charge in [0, 0.05) is 12.5 Å². The summed E-state index contributed by atoms with van der Waals surface area (Å²) in [6.07, 6.45) is 3.88. The molecule has 0 bridgehead atoms. The minimum Gasteiger partial charge on any atom is -0.300 e. The highest BCUT2D eigenvalue weighted by atomic mass is 16.1. The van der Waals surface area contributed by atoms with Crippen molar-refractivity contribution < 1.29 is 4.79 Å². The summed E-state index contributed by atoms with van der Waals surface area (Å²) in [5.74, 6) is 0.502. The van der Waals surface area contributed by atoms with Gasteiger partial charge in [-0.15, -0.1) is 0 Å². The van der Waals surface area contributed by atoms with Crippen molar-refractivity contribution >= 4 is 12.0 Å². The Morgan fingerprint density at radius 3 is 2.89 bits per heavy atom. The fourth-order valence-corrected chi connectivity index (χ4v) is 0.992. The predicted octanol–water partition coefficient (Wildman–Crippen LogP) is 1.06. The van der Waals surface area contributed by atoms with E-state index in [4.69, 9.17) is 0 Å². The monoisotopic (exact) mass is 125 g/mol. The molecule has 0 saturated heterocycles.